The minimum atomic E-state index is 0.419. The van der Waals surface area contributed by atoms with Crippen molar-refractivity contribution in [2.24, 2.45) is 0 Å². The third-order valence-corrected chi connectivity index (χ3v) is 3.85. The Balaban J connectivity index is 2.04. The van der Waals surface area contributed by atoms with Gasteiger partial charge in [-0.15, -0.1) is 10.2 Å². The number of nitrogens with zero attached hydrogens (tertiary/aromatic N) is 4. The van der Waals surface area contributed by atoms with Crippen LogP contribution in [-0.4, -0.2) is 32.1 Å². The van der Waals surface area contributed by atoms with E-state index in [9.17, 15) is 0 Å². The van der Waals surface area contributed by atoms with E-state index in [4.69, 9.17) is 0 Å². The lowest BCUT2D eigenvalue weighted by atomic mass is 10.2. The minimum Gasteiger partial charge on any atom is -0.291 e. The molecule has 3 rings (SSSR count). The first-order valence-electron chi connectivity index (χ1n) is 6.74. The van der Waals surface area contributed by atoms with Crippen LogP contribution in [0, 0.1) is 6.92 Å². The normalized spacial score (nSPS) is 21.2. The van der Waals surface area contributed by atoms with Gasteiger partial charge in [0, 0.05) is 12.2 Å². The van der Waals surface area contributed by atoms with E-state index in [0.717, 1.165) is 11.5 Å². The van der Waals surface area contributed by atoms with Crippen molar-refractivity contribution >= 4 is 5.65 Å². The van der Waals surface area contributed by atoms with Crippen LogP contribution >= 0.6 is 0 Å². The third kappa shape index (κ3) is 1.81. The Labute approximate surface area is 108 Å². The van der Waals surface area contributed by atoms with Crippen LogP contribution in [0.3, 0.4) is 0 Å². The van der Waals surface area contributed by atoms with Crippen LogP contribution in [0.1, 0.15) is 44.1 Å². The number of hydrogen-bond donors (Lipinski definition) is 0. The van der Waals surface area contributed by atoms with Crippen LogP contribution in [0.2, 0.25) is 0 Å². The molecule has 0 amide bonds. The van der Waals surface area contributed by atoms with Gasteiger partial charge in [0.1, 0.15) is 0 Å². The zero-order valence-corrected chi connectivity index (χ0v) is 11.3. The van der Waals surface area contributed by atoms with Crippen LogP contribution in [0.25, 0.3) is 5.65 Å². The summed E-state index contributed by atoms with van der Waals surface area (Å²) in [5, 5.41) is 8.73. The van der Waals surface area contributed by atoms with Gasteiger partial charge in [0.2, 0.25) is 0 Å². The van der Waals surface area contributed by atoms with Crippen LogP contribution in [0.4, 0.5) is 0 Å². The molecule has 1 atom stereocenters. The molecule has 96 valence electrons. The number of pyridine rings is 1. The van der Waals surface area contributed by atoms with Gasteiger partial charge in [-0.05, 0) is 57.9 Å². The molecule has 1 saturated heterocycles. The molecule has 1 aliphatic rings. The monoisotopic (exact) mass is 244 g/mol. The van der Waals surface area contributed by atoms with Crippen molar-refractivity contribution in [3.8, 4) is 0 Å². The standard InChI is InChI=1S/C14H20N4/c1-10(2)17-7-4-5-12(17)14-16-15-13-9-11(3)6-8-18(13)14/h6,8-10,12H,4-5,7H2,1-3H3. The number of hydrogen-bond acceptors (Lipinski definition) is 3. The van der Waals surface area contributed by atoms with Crippen molar-refractivity contribution in [1.82, 2.24) is 19.5 Å². The van der Waals surface area contributed by atoms with E-state index in [1.165, 1.54) is 24.9 Å². The maximum atomic E-state index is 4.42. The van der Waals surface area contributed by atoms with Crippen molar-refractivity contribution in [3.05, 3.63) is 29.7 Å². The summed E-state index contributed by atoms with van der Waals surface area (Å²) in [5.74, 6) is 1.09. The van der Waals surface area contributed by atoms with Gasteiger partial charge in [-0.3, -0.25) is 9.30 Å². The second-order valence-electron chi connectivity index (χ2n) is 5.48. The van der Waals surface area contributed by atoms with Crippen LogP contribution in [-0.2, 0) is 0 Å². The molecule has 1 unspecified atom stereocenters. The molecule has 1 aliphatic heterocycles. The topological polar surface area (TPSA) is 33.4 Å². The van der Waals surface area contributed by atoms with E-state index < -0.39 is 0 Å². The van der Waals surface area contributed by atoms with E-state index in [2.05, 4.69) is 58.6 Å². The molecule has 0 aromatic carbocycles. The molecular formula is C14H20N4. The second-order valence-corrected chi connectivity index (χ2v) is 5.48. The summed E-state index contributed by atoms with van der Waals surface area (Å²) in [6, 6.07) is 5.19. The lowest BCUT2D eigenvalue weighted by Crippen LogP contribution is -2.31. The molecule has 1 fully saturated rings. The maximum Gasteiger partial charge on any atom is 0.161 e. The SMILES string of the molecule is Cc1ccn2c(C3CCCN3C(C)C)nnc2c1. The van der Waals surface area contributed by atoms with Gasteiger partial charge in [0.05, 0.1) is 6.04 Å². The molecule has 0 radical (unpaired) electrons. The smallest absolute Gasteiger partial charge is 0.161 e. The quantitative estimate of drug-likeness (QED) is 0.814. The molecule has 4 heteroatoms. The Morgan fingerprint density at radius 1 is 1.33 bits per heavy atom. The van der Waals surface area contributed by atoms with Gasteiger partial charge in [-0.2, -0.15) is 0 Å². The Kier molecular flexibility index (Phi) is 2.82. The van der Waals surface area contributed by atoms with Crippen molar-refractivity contribution in [1.29, 1.82) is 0 Å². The first-order chi connectivity index (χ1) is 8.66. The Hall–Kier alpha value is -1.42. The number of aromatic nitrogens is 3. The Morgan fingerprint density at radius 3 is 2.94 bits per heavy atom. The third-order valence-electron chi connectivity index (χ3n) is 3.85. The average molecular weight is 244 g/mol. The van der Waals surface area contributed by atoms with Gasteiger partial charge >= 0.3 is 0 Å². The predicted octanol–water partition coefficient (Wildman–Crippen LogP) is 2.58. The Bertz CT molecular complexity index is 558. The molecule has 18 heavy (non-hydrogen) atoms. The lowest BCUT2D eigenvalue weighted by Gasteiger charge is -2.26. The molecule has 0 saturated carbocycles. The molecule has 2 aromatic heterocycles. The summed E-state index contributed by atoms with van der Waals surface area (Å²) in [6.45, 7) is 7.77. The van der Waals surface area contributed by atoms with Gasteiger partial charge in [-0.25, -0.2) is 0 Å². The fraction of sp³-hybridized carbons (Fsp3) is 0.571. The molecule has 0 bridgehead atoms. The number of aryl methyl sites for hydroxylation is 1. The van der Waals surface area contributed by atoms with E-state index in [1.807, 2.05) is 0 Å². The van der Waals surface area contributed by atoms with Gasteiger partial charge in [-0.1, -0.05) is 0 Å². The molecule has 0 aliphatic carbocycles. The molecule has 0 N–H and O–H groups in total. The lowest BCUT2D eigenvalue weighted by molar-refractivity contribution is 0.197. The van der Waals surface area contributed by atoms with E-state index in [0.29, 0.717) is 12.1 Å². The predicted molar refractivity (Wildman–Crippen MR) is 71.5 cm³/mol. The zero-order valence-electron chi connectivity index (χ0n) is 11.3. The van der Waals surface area contributed by atoms with Crippen molar-refractivity contribution in [2.45, 2.75) is 45.7 Å². The Morgan fingerprint density at radius 2 is 2.17 bits per heavy atom. The molecule has 2 aromatic rings. The van der Waals surface area contributed by atoms with Crippen molar-refractivity contribution in [3.63, 3.8) is 0 Å². The summed E-state index contributed by atoms with van der Waals surface area (Å²) >= 11 is 0. The van der Waals surface area contributed by atoms with E-state index in [-0.39, 0.29) is 0 Å². The highest BCUT2D eigenvalue weighted by molar-refractivity contribution is 5.41. The first kappa shape index (κ1) is 11.7. The number of rotatable bonds is 2. The molecule has 3 heterocycles. The van der Waals surface area contributed by atoms with E-state index in [1.54, 1.807) is 0 Å². The highest BCUT2D eigenvalue weighted by Gasteiger charge is 2.31. The van der Waals surface area contributed by atoms with Crippen LogP contribution in [0.15, 0.2) is 18.3 Å². The van der Waals surface area contributed by atoms with Crippen molar-refractivity contribution < 1.29 is 0 Å². The maximum absolute atomic E-state index is 4.42. The highest BCUT2D eigenvalue weighted by Crippen LogP contribution is 2.32. The summed E-state index contributed by atoms with van der Waals surface area (Å²) in [4.78, 5) is 2.52. The number of fused-ring (bicyclic) bond motifs is 1. The summed E-state index contributed by atoms with van der Waals surface area (Å²) in [5.41, 5.74) is 2.19. The zero-order chi connectivity index (χ0) is 12.7. The van der Waals surface area contributed by atoms with E-state index >= 15 is 0 Å². The number of likely N-dealkylation sites (tertiary alicyclic amines) is 1. The van der Waals surface area contributed by atoms with Crippen LogP contribution in [0.5, 0.6) is 0 Å². The second kappa shape index (κ2) is 4.35. The summed E-state index contributed by atoms with van der Waals surface area (Å²) in [6.07, 6.45) is 4.54. The fourth-order valence-corrected chi connectivity index (χ4v) is 2.92. The fourth-order valence-electron chi connectivity index (χ4n) is 2.92. The molecule has 4 nitrogen and oxygen atoms in total. The van der Waals surface area contributed by atoms with Gasteiger partial charge in [0.25, 0.3) is 0 Å². The first-order valence-corrected chi connectivity index (χ1v) is 6.74. The van der Waals surface area contributed by atoms with Crippen LogP contribution < -0.4 is 0 Å². The van der Waals surface area contributed by atoms with Gasteiger partial charge in [0.15, 0.2) is 11.5 Å². The highest BCUT2D eigenvalue weighted by atomic mass is 15.3. The molecule has 0 spiro atoms. The summed E-state index contributed by atoms with van der Waals surface area (Å²) in [7, 11) is 0. The van der Waals surface area contributed by atoms with Crippen molar-refractivity contribution in [2.75, 3.05) is 6.54 Å². The average Bonchev–Trinajstić information content (AvgIpc) is 2.92. The largest absolute Gasteiger partial charge is 0.291 e. The van der Waals surface area contributed by atoms with Gasteiger partial charge < -0.3 is 0 Å². The minimum absolute atomic E-state index is 0.419. The molecular weight excluding hydrogens is 224 g/mol. The summed E-state index contributed by atoms with van der Waals surface area (Å²) < 4.78 is 2.14.